The van der Waals surface area contributed by atoms with Gasteiger partial charge in [0.25, 0.3) is 0 Å². The Morgan fingerprint density at radius 3 is 2.56 bits per heavy atom. The minimum Gasteiger partial charge on any atom is -0.479 e. The smallest absolute Gasteiger partial charge is 0.334 e. The Hall–Kier alpha value is -1.43. The summed E-state index contributed by atoms with van der Waals surface area (Å²) < 4.78 is 0. The van der Waals surface area contributed by atoms with Crippen molar-refractivity contribution in [2.75, 3.05) is 6.61 Å². The van der Waals surface area contributed by atoms with E-state index in [9.17, 15) is 14.4 Å². The number of aliphatic hydroxyl groups excluding tert-OH is 1. The van der Waals surface area contributed by atoms with Gasteiger partial charge in [-0.2, -0.15) is 0 Å². The van der Waals surface area contributed by atoms with Crippen molar-refractivity contribution in [3.63, 3.8) is 0 Å². The Morgan fingerprint density at radius 2 is 2.06 bits per heavy atom. The van der Waals surface area contributed by atoms with Gasteiger partial charge in [-0.3, -0.25) is 9.59 Å². The molecule has 2 saturated heterocycles. The number of hydrogen-bond acceptors (Lipinski definition) is 4. The van der Waals surface area contributed by atoms with Crippen LogP contribution in [0.1, 0.15) is 13.3 Å². The standard InChI is InChI=1S/C10H13NO5/c1-4-6-5(2-3-12)9(14)11(6)7(8(4)13)10(15)16/h4-7,12H,2-3H2,1H3,(H,15,16). The number of ketones is 1. The number of β-lactam (4-membered cyclic amide) rings is 1. The predicted octanol–water partition coefficient (Wildman–Crippen LogP) is -1.13. The van der Waals surface area contributed by atoms with Gasteiger partial charge in [-0.05, 0) is 6.42 Å². The van der Waals surface area contributed by atoms with Crippen molar-refractivity contribution >= 4 is 17.7 Å². The zero-order valence-corrected chi connectivity index (χ0v) is 8.79. The lowest BCUT2D eigenvalue weighted by atomic mass is 9.81. The first-order chi connectivity index (χ1) is 7.50. The lowest BCUT2D eigenvalue weighted by molar-refractivity contribution is -0.166. The zero-order valence-electron chi connectivity index (χ0n) is 8.79. The fourth-order valence-electron chi connectivity index (χ4n) is 2.71. The quantitative estimate of drug-likeness (QED) is 0.470. The molecule has 0 aromatic carbocycles. The maximum absolute atomic E-state index is 11.7. The number of hydrogen-bond donors (Lipinski definition) is 2. The normalized spacial score (nSPS) is 37.2. The number of aliphatic hydroxyl groups is 1. The molecule has 0 saturated carbocycles. The van der Waals surface area contributed by atoms with Gasteiger partial charge in [-0.25, -0.2) is 4.79 Å². The second-order valence-electron chi connectivity index (χ2n) is 4.29. The summed E-state index contributed by atoms with van der Waals surface area (Å²) in [5.41, 5.74) is 0. The zero-order chi connectivity index (χ0) is 12.0. The number of amides is 1. The van der Waals surface area contributed by atoms with Crippen molar-refractivity contribution in [1.29, 1.82) is 0 Å². The molecule has 88 valence electrons. The summed E-state index contributed by atoms with van der Waals surface area (Å²) in [6.45, 7) is 1.51. The number of carbonyl (C=O) groups is 3. The van der Waals surface area contributed by atoms with E-state index in [1.165, 1.54) is 0 Å². The molecular formula is C10H13NO5. The van der Waals surface area contributed by atoms with Gasteiger partial charge in [0.1, 0.15) is 0 Å². The molecule has 6 nitrogen and oxygen atoms in total. The first kappa shape index (κ1) is 11.1. The van der Waals surface area contributed by atoms with Gasteiger partial charge in [0.05, 0.1) is 12.0 Å². The molecule has 0 aromatic heterocycles. The number of aliphatic carboxylic acids is 1. The van der Waals surface area contributed by atoms with Crippen LogP contribution in [0.4, 0.5) is 0 Å². The number of carboxylic acid groups (broad SMARTS) is 1. The van der Waals surface area contributed by atoms with Crippen LogP contribution in [0.25, 0.3) is 0 Å². The highest BCUT2D eigenvalue weighted by molar-refractivity contribution is 6.11. The second-order valence-corrected chi connectivity index (χ2v) is 4.29. The van der Waals surface area contributed by atoms with E-state index in [2.05, 4.69) is 0 Å². The van der Waals surface area contributed by atoms with Crippen LogP contribution in [-0.2, 0) is 14.4 Å². The number of nitrogens with zero attached hydrogens (tertiary/aromatic N) is 1. The summed E-state index contributed by atoms with van der Waals surface area (Å²) in [4.78, 5) is 35.3. The van der Waals surface area contributed by atoms with Crippen LogP contribution in [0.15, 0.2) is 0 Å². The summed E-state index contributed by atoms with van der Waals surface area (Å²) in [7, 11) is 0. The molecule has 2 fully saturated rings. The van der Waals surface area contributed by atoms with E-state index in [1.54, 1.807) is 6.92 Å². The summed E-state index contributed by atoms with van der Waals surface area (Å²) in [5.74, 6) is -2.85. The maximum Gasteiger partial charge on any atom is 0.334 e. The first-order valence-electron chi connectivity index (χ1n) is 5.20. The lowest BCUT2D eigenvalue weighted by Crippen LogP contribution is -2.63. The highest BCUT2D eigenvalue weighted by atomic mass is 16.4. The van der Waals surface area contributed by atoms with Gasteiger partial charge >= 0.3 is 5.97 Å². The van der Waals surface area contributed by atoms with Gasteiger partial charge in [0, 0.05) is 12.5 Å². The summed E-state index contributed by atoms with van der Waals surface area (Å²) in [5, 5.41) is 17.7. The third-order valence-corrected chi connectivity index (χ3v) is 3.49. The molecule has 6 heteroatoms. The molecule has 16 heavy (non-hydrogen) atoms. The van der Waals surface area contributed by atoms with Crippen LogP contribution in [0.2, 0.25) is 0 Å². The van der Waals surface area contributed by atoms with E-state index in [-0.39, 0.29) is 18.6 Å². The summed E-state index contributed by atoms with van der Waals surface area (Å²) in [6, 6.07) is -1.66. The molecule has 0 radical (unpaired) electrons. The molecule has 4 atom stereocenters. The van der Waals surface area contributed by atoms with Crippen LogP contribution in [-0.4, -0.2) is 51.5 Å². The van der Waals surface area contributed by atoms with Gasteiger partial charge in [-0.1, -0.05) is 6.92 Å². The molecule has 2 N–H and O–H groups in total. The van der Waals surface area contributed by atoms with Crippen LogP contribution in [0, 0.1) is 11.8 Å². The molecule has 2 heterocycles. The number of fused-ring (bicyclic) bond motifs is 1. The van der Waals surface area contributed by atoms with E-state index in [1.807, 2.05) is 0 Å². The Labute approximate surface area is 91.8 Å². The Bertz CT molecular complexity index is 366. The monoisotopic (exact) mass is 227 g/mol. The topological polar surface area (TPSA) is 94.9 Å². The molecule has 0 aliphatic carbocycles. The average Bonchev–Trinajstić information content (AvgIpc) is 2.46. The molecule has 2 aliphatic heterocycles. The Balaban J connectivity index is 2.25. The van der Waals surface area contributed by atoms with Crippen LogP contribution in [0.3, 0.4) is 0 Å². The molecule has 4 unspecified atom stereocenters. The van der Waals surface area contributed by atoms with Crippen molar-refractivity contribution in [1.82, 2.24) is 4.90 Å². The number of rotatable bonds is 3. The second kappa shape index (κ2) is 3.55. The van der Waals surface area contributed by atoms with E-state index < -0.39 is 29.6 Å². The summed E-state index contributed by atoms with van der Waals surface area (Å²) in [6.07, 6.45) is 0.296. The first-order valence-corrected chi connectivity index (χ1v) is 5.20. The molecule has 0 bridgehead atoms. The van der Waals surface area contributed by atoms with Crippen molar-refractivity contribution in [2.45, 2.75) is 25.4 Å². The average molecular weight is 227 g/mol. The van der Waals surface area contributed by atoms with Gasteiger partial charge in [0.15, 0.2) is 11.8 Å². The van der Waals surface area contributed by atoms with E-state index in [0.717, 1.165) is 4.90 Å². The van der Waals surface area contributed by atoms with E-state index in [4.69, 9.17) is 10.2 Å². The van der Waals surface area contributed by atoms with E-state index >= 15 is 0 Å². The van der Waals surface area contributed by atoms with Gasteiger partial charge in [0.2, 0.25) is 5.91 Å². The fourth-order valence-corrected chi connectivity index (χ4v) is 2.71. The summed E-state index contributed by atoms with van der Waals surface area (Å²) >= 11 is 0. The number of carbonyl (C=O) groups excluding carboxylic acids is 2. The van der Waals surface area contributed by atoms with E-state index in [0.29, 0.717) is 6.42 Å². The number of carboxylic acids is 1. The Kier molecular flexibility index (Phi) is 2.46. The third kappa shape index (κ3) is 1.19. The van der Waals surface area contributed by atoms with Crippen LogP contribution in [0.5, 0.6) is 0 Å². The maximum atomic E-state index is 11.7. The third-order valence-electron chi connectivity index (χ3n) is 3.49. The predicted molar refractivity (Wildman–Crippen MR) is 51.4 cm³/mol. The highest BCUT2D eigenvalue weighted by Gasteiger charge is 2.62. The highest BCUT2D eigenvalue weighted by Crippen LogP contribution is 2.42. The molecule has 0 spiro atoms. The van der Waals surface area contributed by atoms with Gasteiger partial charge in [-0.15, -0.1) is 0 Å². The molecule has 2 rings (SSSR count). The van der Waals surface area contributed by atoms with Crippen molar-refractivity contribution < 1.29 is 24.6 Å². The minimum atomic E-state index is -1.32. The van der Waals surface area contributed by atoms with Gasteiger partial charge < -0.3 is 15.1 Å². The van der Waals surface area contributed by atoms with Crippen LogP contribution < -0.4 is 0 Å². The largest absolute Gasteiger partial charge is 0.479 e. The lowest BCUT2D eigenvalue weighted by Gasteiger charge is -2.44. The molecular weight excluding hydrogens is 214 g/mol. The number of Topliss-reactive ketones (excluding diaryl/α,β-unsaturated/α-hetero) is 1. The minimum absolute atomic E-state index is 0.126. The Morgan fingerprint density at radius 1 is 1.44 bits per heavy atom. The molecule has 0 aromatic rings. The van der Waals surface area contributed by atoms with Crippen molar-refractivity contribution in [3.05, 3.63) is 0 Å². The SMILES string of the molecule is CC1C(=O)C(C(=O)O)N2C(=O)C(CCO)C12. The molecule has 1 amide bonds. The van der Waals surface area contributed by atoms with Crippen molar-refractivity contribution in [2.24, 2.45) is 11.8 Å². The van der Waals surface area contributed by atoms with Crippen LogP contribution >= 0.6 is 0 Å². The van der Waals surface area contributed by atoms with Crippen molar-refractivity contribution in [3.8, 4) is 0 Å². The molecule has 2 aliphatic rings. The fraction of sp³-hybridized carbons (Fsp3) is 0.700.